The minimum absolute atomic E-state index is 0. The van der Waals surface area contributed by atoms with Gasteiger partial charge in [0.1, 0.15) is 0 Å². The first-order valence-corrected chi connectivity index (χ1v) is 4.52. The Morgan fingerprint density at radius 1 is 1.36 bits per heavy atom. The maximum absolute atomic E-state index is 5.83. The lowest BCUT2D eigenvalue weighted by molar-refractivity contribution is 1.14. The fraction of sp³-hybridized carbons (Fsp3) is 0.500. The normalized spacial score (nSPS) is 9.27. The lowest BCUT2D eigenvalue weighted by Crippen LogP contribution is -1.90. The van der Waals surface area contributed by atoms with Crippen LogP contribution in [-0.4, -0.2) is 0 Å². The molecule has 0 amide bonds. The molecule has 0 aliphatic carbocycles. The molecule has 0 spiro atoms. The van der Waals surface area contributed by atoms with Gasteiger partial charge in [-0.1, -0.05) is 13.8 Å². The summed E-state index contributed by atoms with van der Waals surface area (Å²) in [4.78, 5) is 1.33. The maximum atomic E-state index is 5.83. The molecule has 11 heavy (non-hydrogen) atoms. The van der Waals surface area contributed by atoms with E-state index in [1.165, 1.54) is 10.4 Å². The van der Waals surface area contributed by atoms with Crippen molar-refractivity contribution in [3.05, 3.63) is 15.8 Å². The minimum atomic E-state index is 0. The summed E-state index contributed by atoms with van der Waals surface area (Å²) in [7, 11) is 0. The Labute approximate surface area is 78.0 Å². The SMILES string of the molecule is CCc1csc(CC)c1N.Cl. The fourth-order valence-corrected chi connectivity index (χ4v) is 2.00. The van der Waals surface area contributed by atoms with Gasteiger partial charge >= 0.3 is 0 Å². The van der Waals surface area contributed by atoms with Gasteiger partial charge in [-0.25, -0.2) is 0 Å². The predicted molar refractivity (Wildman–Crippen MR) is 54.7 cm³/mol. The van der Waals surface area contributed by atoms with E-state index in [1.54, 1.807) is 11.3 Å². The summed E-state index contributed by atoms with van der Waals surface area (Å²) < 4.78 is 0. The first-order chi connectivity index (χ1) is 4.79. The first-order valence-electron chi connectivity index (χ1n) is 3.64. The minimum Gasteiger partial charge on any atom is -0.398 e. The zero-order chi connectivity index (χ0) is 7.56. The van der Waals surface area contributed by atoms with Gasteiger partial charge in [0.25, 0.3) is 0 Å². The molecular formula is C8H14ClNS. The average Bonchev–Trinajstić information content (AvgIpc) is 2.30. The van der Waals surface area contributed by atoms with Crippen molar-refractivity contribution in [2.24, 2.45) is 0 Å². The molecule has 0 saturated carbocycles. The second-order valence-corrected chi connectivity index (χ2v) is 3.27. The van der Waals surface area contributed by atoms with Crippen LogP contribution in [0.4, 0.5) is 5.69 Å². The number of hydrogen-bond donors (Lipinski definition) is 1. The third-order valence-corrected chi connectivity index (χ3v) is 2.89. The summed E-state index contributed by atoms with van der Waals surface area (Å²) in [6.07, 6.45) is 2.12. The Morgan fingerprint density at radius 3 is 2.27 bits per heavy atom. The number of rotatable bonds is 2. The molecule has 1 rings (SSSR count). The molecule has 0 aliphatic heterocycles. The molecule has 0 aliphatic rings. The maximum Gasteiger partial charge on any atom is 0.0487 e. The van der Waals surface area contributed by atoms with E-state index in [-0.39, 0.29) is 12.4 Å². The molecule has 0 atom stereocenters. The molecule has 3 heteroatoms. The molecule has 0 bridgehead atoms. The number of thiophene rings is 1. The topological polar surface area (TPSA) is 26.0 Å². The fourth-order valence-electron chi connectivity index (χ4n) is 0.996. The van der Waals surface area contributed by atoms with Crippen LogP contribution in [0.25, 0.3) is 0 Å². The number of hydrogen-bond acceptors (Lipinski definition) is 2. The number of nitrogens with two attached hydrogens (primary N) is 1. The number of anilines is 1. The van der Waals surface area contributed by atoms with Crippen LogP contribution < -0.4 is 5.73 Å². The van der Waals surface area contributed by atoms with Crippen LogP contribution in [0, 0.1) is 0 Å². The Hall–Kier alpha value is -0.210. The van der Waals surface area contributed by atoms with Crippen molar-refractivity contribution < 1.29 is 0 Å². The average molecular weight is 192 g/mol. The summed E-state index contributed by atoms with van der Waals surface area (Å²) in [6.45, 7) is 4.28. The highest BCUT2D eigenvalue weighted by atomic mass is 35.5. The van der Waals surface area contributed by atoms with Gasteiger partial charge in [-0.2, -0.15) is 0 Å². The van der Waals surface area contributed by atoms with Crippen molar-refractivity contribution in [3.8, 4) is 0 Å². The molecule has 1 heterocycles. The van der Waals surface area contributed by atoms with Gasteiger partial charge in [0, 0.05) is 10.6 Å². The van der Waals surface area contributed by atoms with Crippen LogP contribution >= 0.6 is 23.7 Å². The van der Waals surface area contributed by atoms with Crippen LogP contribution in [0.5, 0.6) is 0 Å². The summed E-state index contributed by atoms with van der Waals surface area (Å²) in [5.41, 5.74) is 8.17. The Balaban J connectivity index is 0.000001000. The van der Waals surface area contributed by atoms with Gasteiger partial charge in [0.2, 0.25) is 0 Å². The summed E-state index contributed by atoms with van der Waals surface area (Å²) >= 11 is 1.78. The summed E-state index contributed by atoms with van der Waals surface area (Å²) in [5, 5.41) is 2.16. The molecule has 2 N–H and O–H groups in total. The van der Waals surface area contributed by atoms with Crippen molar-refractivity contribution >= 4 is 29.4 Å². The van der Waals surface area contributed by atoms with Crippen molar-refractivity contribution in [2.75, 3.05) is 5.73 Å². The Bertz CT molecular complexity index is 198. The van der Waals surface area contributed by atoms with Gasteiger partial charge in [-0.05, 0) is 23.8 Å². The van der Waals surface area contributed by atoms with E-state index >= 15 is 0 Å². The lowest BCUT2D eigenvalue weighted by atomic mass is 10.2. The van der Waals surface area contributed by atoms with Crippen LogP contribution in [0.1, 0.15) is 24.3 Å². The van der Waals surface area contributed by atoms with Gasteiger partial charge in [0.15, 0.2) is 0 Å². The van der Waals surface area contributed by atoms with E-state index < -0.39 is 0 Å². The zero-order valence-electron chi connectivity index (χ0n) is 6.89. The summed E-state index contributed by atoms with van der Waals surface area (Å²) in [6, 6.07) is 0. The first kappa shape index (κ1) is 10.8. The quantitative estimate of drug-likeness (QED) is 0.765. The zero-order valence-corrected chi connectivity index (χ0v) is 8.52. The highest BCUT2D eigenvalue weighted by molar-refractivity contribution is 7.10. The third-order valence-electron chi connectivity index (χ3n) is 1.69. The van der Waals surface area contributed by atoms with Crippen molar-refractivity contribution in [2.45, 2.75) is 26.7 Å². The van der Waals surface area contributed by atoms with E-state index in [9.17, 15) is 0 Å². The van der Waals surface area contributed by atoms with E-state index in [0.29, 0.717) is 0 Å². The van der Waals surface area contributed by atoms with Gasteiger partial charge in [-0.15, -0.1) is 23.7 Å². The number of nitrogen functional groups attached to an aromatic ring is 1. The number of aryl methyl sites for hydroxylation is 2. The van der Waals surface area contributed by atoms with Crippen molar-refractivity contribution in [1.82, 2.24) is 0 Å². The van der Waals surface area contributed by atoms with Gasteiger partial charge < -0.3 is 5.73 Å². The van der Waals surface area contributed by atoms with E-state index in [0.717, 1.165) is 18.5 Å². The number of halogens is 1. The van der Waals surface area contributed by atoms with E-state index in [4.69, 9.17) is 5.73 Å². The van der Waals surface area contributed by atoms with E-state index in [1.807, 2.05) is 0 Å². The Kier molecular flexibility index (Phi) is 4.54. The Morgan fingerprint density at radius 2 is 2.00 bits per heavy atom. The molecule has 0 fully saturated rings. The molecule has 64 valence electrons. The van der Waals surface area contributed by atoms with Crippen LogP contribution in [-0.2, 0) is 12.8 Å². The molecule has 1 nitrogen and oxygen atoms in total. The van der Waals surface area contributed by atoms with Crippen molar-refractivity contribution in [3.63, 3.8) is 0 Å². The molecule has 0 saturated heterocycles. The molecule has 0 aromatic carbocycles. The smallest absolute Gasteiger partial charge is 0.0487 e. The monoisotopic (exact) mass is 191 g/mol. The third kappa shape index (κ3) is 2.11. The van der Waals surface area contributed by atoms with Crippen molar-refractivity contribution in [1.29, 1.82) is 0 Å². The van der Waals surface area contributed by atoms with Gasteiger partial charge in [-0.3, -0.25) is 0 Å². The molecule has 0 unspecified atom stereocenters. The molecule has 1 aromatic rings. The molecular weight excluding hydrogens is 178 g/mol. The highest BCUT2D eigenvalue weighted by Crippen LogP contribution is 2.25. The van der Waals surface area contributed by atoms with Crippen LogP contribution in [0.15, 0.2) is 5.38 Å². The largest absolute Gasteiger partial charge is 0.398 e. The lowest BCUT2D eigenvalue weighted by Gasteiger charge is -1.95. The standard InChI is InChI=1S/C8H13NS.ClH/c1-3-6-5-10-7(4-2)8(6)9;/h5H,3-4,9H2,1-2H3;1H. The second-order valence-electron chi connectivity index (χ2n) is 2.30. The van der Waals surface area contributed by atoms with Crippen LogP contribution in [0.2, 0.25) is 0 Å². The highest BCUT2D eigenvalue weighted by Gasteiger charge is 2.03. The summed E-state index contributed by atoms with van der Waals surface area (Å²) in [5.74, 6) is 0. The predicted octanol–water partition coefficient (Wildman–Crippen LogP) is 2.88. The van der Waals surface area contributed by atoms with E-state index in [2.05, 4.69) is 19.2 Å². The molecule has 1 aromatic heterocycles. The molecule has 0 radical (unpaired) electrons. The van der Waals surface area contributed by atoms with Crippen LogP contribution in [0.3, 0.4) is 0 Å². The second kappa shape index (κ2) is 4.62. The van der Waals surface area contributed by atoms with Gasteiger partial charge in [0.05, 0.1) is 0 Å².